The van der Waals surface area contributed by atoms with Crippen LogP contribution in [0.1, 0.15) is 29.5 Å². The highest BCUT2D eigenvalue weighted by atomic mass is 16.5. The predicted octanol–water partition coefficient (Wildman–Crippen LogP) is 3.99. The van der Waals surface area contributed by atoms with Crippen LogP contribution in [0.5, 0.6) is 5.75 Å². The molecule has 0 saturated carbocycles. The number of carbonyl (C=O) groups excluding carboxylic acids is 1. The number of rotatable bonds is 7. The number of hydrogen-bond donors (Lipinski definition) is 1. The van der Waals surface area contributed by atoms with Crippen LogP contribution in [-0.2, 0) is 13.5 Å². The van der Waals surface area contributed by atoms with Gasteiger partial charge in [-0.05, 0) is 55.8 Å². The number of fused-ring (bicyclic) bond motifs is 1. The Morgan fingerprint density at radius 3 is 2.77 bits per heavy atom. The fourth-order valence-electron chi connectivity index (χ4n) is 3.40. The van der Waals surface area contributed by atoms with Gasteiger partial charge in [0.15, 0.2) is 5.65 Å². The number of methoxy groups -OCH3 is 1. The molecule has 1 atom stereocenters. The number of nitrogens with one attached hydrogen (secondary N) is 1. The molecule has 3 aromatic heterocycles. The van der Waals surface area contributed by atoms with Crippen LogP contribution in [-0.4, -0.2) is 33.8 Å². The lowest BCUT2D eigenvalue weighted by Gasteiger charge is -2.14. The molecule has 4 aromatic rings. The van der Waals surface area contributed by atoms with Crippen molar-refractivity contribution in [3.63, 3.8) is 0 Å². The lowest BCUT2D eigenvalue weighted by molar-refractivity contribution is 0.0939. The summed E-state index contributed by atoms with van der Waals surface area (Å²) in [6.07, 6.45) is 4.90. The summed E-state index contributed by atoms with van der Waals surface area (Å²) in [5.41, 5.74) is 2.83. The Hall–Kier alpha value is -3.61. The van der Waals surface area contributed by atoms with E-state index in [0.717, 1.165) is 35.3 Å². The fourth-order valence-corrected chi connectivity index (χ4v) is 3.40. The highest BCUT2D eigenvalue weighted by molar-refractivity contribution is 6.06. The Kier molecular flexibility index (Phi) is 5.52. The first kappa shape index (κ1) is 19.7. The van der Waals surface area contributed by atoms with E-state index in [1.165, 1.54) is 0 Å². The third kappa shape index (κ3) is 4.05. The largest absolute Gasteiger partial charge is 0.497 e. The van der Waals surface area contributed by atoms with E-state index in [4.69, 9.17) is 14.1 Å². The van der Waals surface area contributed by atoms with Crippen LogP contribution in [0.2, 0.25) is 0 Å². The molecular formula is C23H24N4O3. The Bertz CT molecular complexity index is 1150. The standard InChI is InChI=1S/C23H24N4O3/c1-15(6-9-18-5-4-12-30-18)25-23(28)19-13-21(16-7-10-17(29-3)11-8-16)26-22-20(19)14-24-27(22)2/h4-5,7-8,10-15H,6,9H2,1-3H3,(H,25,28)/t15-/m1/s1. The molecule has 4 rings (SSSR count). The molecule has 0 aliphatic carbocycles. The normalized spacial score (nSPS) is 12.1. The van der Waals surface area contributed by atoms with Crippen molar-refractivity contribution in [1.29, 1.82) is 0 Å². The molecule has 7 nitrogen and oxygen atoms in total. The first-order valence-electron chi connectivity index (χ1n) is 9.85. The van der Waals surface area contributed by atoms with E-state index in [2.05, 4.69) is 10.4 Å². The van der Waals surface area contributed by atoms with Gasteiger partial charge in [-0.3, -0.25) is 9.48 Å². The quantitative estimate of drug-likeness (QED) is 0.504. The van der Waals surface area contributed by atoms with Gasteiger partial charge in [0.05, 0.1) is 36.2 Å². The zero-order valence-electron chi connectivity index (χ0n) is 17.3. The van der Waals surface area contributed by atoms with Crippen molar-refractivity contribution < 1.29 is 13.9 Å². The van der Waals surface area contributed by atoms with E-state index >= 15 is 0 Å². The summed E-state index contributed by atoms with van der Waals surface area (Å²) in [6, 6.07) is 13.2. The van der Waals surface area contributed by atoms with Gasteiger partial charge in [-0.25, -0.2) is 4.98 Å². The minimum atomic E-state index is -0.142. The van der Waals surface area contributed by atoms with Crippen molar-refractivity contribution >= 4 is 16.9 Å². The monoisotopic (exact) mass is 404 g/mol. The van der Waals surface area contributed by atoms with E-state index < -0.39 is 0 Å². The molecule has 0 bridgehead atoms. The predicted molar refractivity (Wildman–Crippen MR) is 114 cm³/mol. The average Bonchev–Trinajstić information content (AvgIpc) is 3.42. The first-order valence-corrected chi connectivity index (χ1v) is 9.85. The number of aromatic nitrogens is 3. The smallest absolute Gasteiger partial charge is 0.252 e. The molecule has 0 fully saturated rings. The minimum absolute atomic E-state index is 0.00748. The highest BCUT2D eigenvalue weighted by Crippen LogP contribution is 2.26. The minimum Gasteiger partial charge on any atom is -0.497 e. The molecule has 30 heavy (non-hydrogen) atoms. The van der Waals surface area contributed by atoms with Gasteiger partial charge >= 0.3 is 0 Å². The molecule has 154 valence electrons. The maximum atomic E-state index is 13.1. The number of aryl methyl sites for hydroxylation is 2. The topological polar surface area (TPSA) is 82.2 Å². The van der Waals surface area contributed by atoms with E-state index in [1.807, 2.05) is 56.4 Å². The lowest BCUT2D eigenvalue weighted by atomic mass is 10.1. The van der Waals surface area contributed by atoms with E-state index in [9.17, 15) is 4.79 Å². The number of benzene rings is 1. The van der Waals surface area contributed by atoms with Crippen LogP contribution < -0.4 is 10.1 Å². The van der Waals surface area contributed by atoms with Gasteiger partial charge in [-0.1, -0.05) is 0 Å². The summed E-state index contributed by atoms with van der Waals surface area (Å²) in [5.74, 6) is 1.54. The Balaban J connectivity index is 1.60. The van der Waals surface area contributed by atoms with Crippen LogP contribution in [0.15, 0.2) is 59.3 Å². The van der Waals surface area contributed by atoms with Crippen molar-refractivity contribution in [3.05, 3.63) is 66.2 Å². The van der Waals surface area contributed by atoms with Gasteiger partial charge in [0.1, 0.15) is 11.5 Å². The number of furan rings is 1. The summed E-state index contributed by atoms with van der Waals surface area (Å²) < 4.78 is 12.3. The molecule has 7 heteroatoms. The van der Waals surface area contributed by atoms with Crippen molar-refractivity contribution in [3.8, 4) is 17.0 Å². The second-order valence-corrected chi connectivity index (χ2v) is 7.28. The molecule has 1 aromatic carbocycles. The van der Waals surface area contributed by atoms with E-state index in [1.54, 1.807) is 24.3 Å². The number of hydrogen-bond acceptors (Lipinski definition) is 5. The Labute approximate surface area is 174 Å². The van der Waals surface area contributed by atoms with Gasteiger partial charge in [0.2, 0.25) is 0 Å². The molecule has 1 N–H and O–H groups in total. The van der Waals surface area contributed by atoms with Gasteiger partial charge in [-0.15, -0.1) is 0 Å². The molecule has 0 spiro atoms. The number of pyridine rings is 1. The molecule has 0 unspecified atom stereocenters. The second kappa shape index (κ2) is 8.41. The third-order valence-corrected chi connectivity index (χ3v) is 5.12. The average molecular weight is 404 g/mol. The van der Waals surface area contributed by atoms with Gasteiger partial charge < -0.3 is 14.5 Å². The summed E-state index contributed by atoms with van der Waals surface area (Å²) in [7, 11) is 3.45. The molecule has 0 radical (unpaired) electrons. The summed E-state index contributed by atoms with van der Waals surface area (Å²) >= 11 is 0. The van der Waals surface area contributed by atoms with Crippen LogP contribution in [0, 0.1) is 0 Å². The summed E-state index contributed by atoms with van der Waals surface area (Å²) in [5, 5.41) is 8.11. The van der Waals surface area contributed by atoms with Crippen LogP contribution >= 0.6 is 0 Å². The van der Waals surface area contributed by atoms with Crippen LogP contribution in [0.25, 0.3) is 22.3 Å². The zero-order chi connectivity index (χ0) is 21.1. The third-order valence-electron chi connectivity index (χ3n) is 5.12. The number of carbonyl (C=O) groups is 1. The number of ether oxygens (including phenoxy) is 1. The molecule has 3 heterocycles. The second-order valence-electron chi connectivity index (χ2n) is 7.28. The molecule has 0 aliphatic rings. The van der Waals surface area contributed by atoms with Gasteiger partial charge in [0, 0.05) is 25.1 Å². The molecule has 0 saturated heterocycles. The summed E-state index contributed by atoms with van der Waals surface area (Å²) in [4.78, 5) is 17.8. The molecular weight excluding hydrogens is 380 g/mol. The maximum absolute atomic E-state index is 13.1. The van der Waals surface area contributed by atoms with Crippen LogP contribution in [0.3, 0.4) is 0 Å². The number of amides is 1. The van der Waals surface area contributed by atoms with Gasteiger partial charge in [-0.2, -0.15) is 5.10 Å². The number of nitrogens with zero attached hydrogens (tertiary/aromatic N) is 3. The fraction of sp³-hybridized carbons (Fsp3) is 0.261. The Morgan fingerprint density at radius 2 is 2.07 bits per heavy atom. The van der Waals surface area contributed by atoms with Crippen molar-refractivity contribution in [2.45, 2.75) is 25.8 Å². The summed E-state index contributed by atoms with van der Waals surface area (Å²) in [6.45, 7) is 1.99. The lowest BCUT2D eigenvalue weighted by Crippen LogP contribution is -2.33. The highest BCUT2D eigenvalue weighted by Gasteiger charge is 2.18. The molecule has 0 aliphatic heterocycles. The SMILES string of the molecule is COc1ccc(-c2cc(C(=O)N[C@H](C)CCc3ccco3)c3cnn(C)c3n2)cc1. The maximum Gasteiger partial charge on any atom is 0.252 e. The van der Waals surface area contributed by atoms with E-state index in [0.29, 0.717) is 16.9 Å². The molecule has 1 amide bonds. The van der Waals surface area contributed by atoms with Crippen molar-refractivity contribution in [1.82, 2.24) is 20.1 Å². The zero-order valence-corrected chi connectivity index (χ0v) is 17.3. The van der Waals surface area contributed by atoms with Crippen molar-refractivity contribution in [2.75, 3.05) is 7.11 Å². The van der Waals surface area contributed by atoms with Gasteiger partial charge in [0.25, 0.3) is 5.91 Å². The first-order chi connectivity index (χ1) is 14.5. The van der Waals surface area contributed by atoms with Crippen molar-refractivity contribution in [2.24, 2.45) is 7.05 Å². The van der Waals surface area contributed by atoms with Crippen LogP contribution in [0.4, 0.5) is 0 Å². The Morgan fingerprint density at radius 1 is 1.27 bits per heavy atom. The van der Waals surface area contributed by atoms with E-state index in [-0.39, 0.29) is 11.9 Å².